The van der Waals surface area contributed by atoms with Crippen LogP contribution in [0.5, 0.6) is 0 Å². The molecule has 0 spiro atoms. The molecule has 0 saturated carbocycles. The second-order valence-electron chi connectivity index (χ2n) is 5.13. The first-order chi connectivity index (χ1) is 9.41. The molecule has 1 heterocycles. The van der Waals surface area contributed by atoms with Gasteiger partial charge in [0.25, 0.3) is 0 Å². The fourth-order valence-corrected chi connectivity index (χ4v) is 2.57. The maximum atomic E-state index is 5.86. The Labute approximate surface area is 126 Å². The van der Waals surface area contributed by atoms with E-state index in [2.05, 4.69) is 31.5 Å². The lowest BCUT2D eigenvalue weighted by atomic mass is 10.1. The van der Waals surface area contributed by atoms with E-state index >= 15 is 0 Å². The lowest BCUT2D eigenvalue weighted by Gasteiger charge is -2.24. The van der Waals surface area contributed by atoms with Gasteiger partial charge in [-0.05, 0) is 49.4 Å². The monoisotopic (exact) mass is 339 g/mol. The maximum absolute atomic E-state index is 5.86. The Morgan fingerprint density at radius 3 is 2.75 bits per heavy atom. The highest BCUT2D eigenvalue weighted by Crippen LogP contribution is 2.25. The molecule has 2 aromatic rings. The summed E-state index contributed by atoms with van der Waals surface area (Å²) in [7, 11) is 0. The second-order valence-corrected chi connectivity index (χ2v) is 6.04. The van der Waals surface area contributed by atoms with E-state index in [1.54, 1.807) is 4.68 Å². The third-order valence-corrected chi connectivity index (χ3v) is 3.23. The molecule has 0 saturated heterocycles. The predicted octanol–water partition coefficient (Wildman–Crippen LogP) is 2.50. The number of hydrogen-bond donors (Lipinski definition) is 1. The molecule has 108 valence electrons. The SMILES string of the molecule is CCOC(C)(C)Cn1nnnc1-c1cc(N)cc(Br)c1. The van der Waals surface area contributed by atoms with Crippen molar-refractivity contribution < 1.29 is 4.74 Å². The van der Waals surface area contributed by atoms with Gasteiger partial charge in [0.2, 0.25) is 0 Å². The van der Waals surface area contributed by atoms with Gasteiger partial charge in [0.1, 0.15) is 0 Å². The lowest BCUT2D eigenvalue weighted by molar-refractivity contribution is -0.0246. The van der Waals surface area contributed by atoms with E-state index in [1.165, 1.54) is 0 Å². The molecule has 0 fully saturated rings. The zero-order valence-corrected chi connectivity index (χ0v) is 13.4. The molecule has 0 atom stereocenters. The fourth-order valence-electron chi connectivity index (χ4n) is 2.06. The van der Waals surface area contributed by atoms with Gasteiger partial charge >= 0.3 is 0 Å². The van der Waals surface area contributed by atoms with E-state index < -0.39 is 0 Å². The van der Waals surface area contributed by atoms with Gasteiger partial charge in [-0.1, -0.05) is 15.9 Å². The van der Waals surface area contributed by atoms with Crippen LogP contribution in [0.25, 0.3) is 11.4 Å². The smallest absolute Gasteiger partial charge is 0.182 e. The maximum Gasteiger partial charge on any atom is 0.182 e. The molecule has 1 aromatic carbocycles. The van der Waals surface area contributed by atoms with Gasteiger partial charge < -0.3 is 10.5 Å². The molecule has 0 aliphatic rings. The van der Waals surface area contributed by atoms with Crippen LogP contribution in [0, 0.1) is 0 Å². The largest absolute Gasteiger partial charge is 0.399 e. The number of anilines is 1. The van der Waals surface area contributed by atoms with E-state index in [0.29, 0.717) is 24.7 Å². The molecule has 0 bridgehead atoms. The van der Waals surface area contributed by atoms with Crippen molar-refractivity contribution >= 4 is 21.6 Å². The summed E-state index contributed by atoms with van der Waals surface area (Å²) < 4.78 is 8.32. The van der Waals surface area contributed by atoms with Crippen LogP contribution in [0.4, 0.5) is 5.69 Å². The summed E-state index contributed by atoms with van der Waals surface area (Å²) in [6.45, 7) is 7.20. The molecule has 7 heteroatoms. The van der Waals surface area contributed by atoms with Gasteiger partial charge in [-0.3, -0.25) is 0 Å². The minimum absolute atomic E-state index is 0.337. The van der Waals surface area contributed by atoms with Gasteiger partial charge in [0.05, 0.1) is 12.1 Å². The molecule has 0 amide bonds. The third-order valence-electron chi connectivity index (χ3n) is 2.78. The first-order valence-corrected chi connectivity index (χ1v) is 7.17. The molecule has 0 aliphatic carbocycles. The number of ether oxygens (including phenoxy) is 1. The van der Waals surface area contributed by atoms with E-state index in [0.717, 1.165) is 10.0 Å². The van der Waals surface area contributed by atoms with E-state index in [-0.39, 0.29) is 5.60 Å². The lowest BCUT2D eigenvalue weighted by Crippen LogP contribution is -2.31. The van der Waals surface area contributed by atoms with E-state index in [4.69, 9.17) is 10.5 Å². The topological polar surface area (TPSA) is 78.8 Å². The summed E-state index contributed by atoms with van der Waals surface area (Å²) in [5, 5.41) is 11.9. The van der Waals surface area contributed by atoms with Crippen LogP contribution in [0.15, 0.2) is 22.7 Å². The van der Waals surface area contributed by atoms with Crippen molar-refractivity contribution in [2.24, 2.45) is 0 Å². The first-order valence-electron chi connectivity index (χ1n) is 6.38. The van der Waals surface area contributed by atoms with Crippen molar-refractivity contribution in [2.45, 2.75) is 32.9 Å². The van der Waals surface area contributed by atoms with Crippen molar-refractivity contribution in [3.05, 3.63) is 22.7 Å². The highest BCUT2D eigenvalue weighted by molar-refractivity contribution is 9.10. The van der Waals surface area contributed by atoms with Crippen LogP contribution in [0.1, 0.15) is 20.8 Å². The average Bonchev–Trinajstić information content (AvgIpc) is 2.74. The zero-order chi connectivity index (χ0) is 14.8. The van der Waals surface area contributed by atoms with Crippen LogP contribution < -0.4 is 5.73 Å². The molecule has 0 unspecified atom stereocenters. The molecule has 2 N–H and O–H groups in total. The average molecular weight is 340 g/mol. The van der Waals surface area contributed by atoms with Gasteiger partial charge in [0.15, 0.2) is 5.82 Å². The van der Waals surface area contributed by atoms with Crippen LogP contribution in [-0.4, -0.2) is 32.4 Å². The number of tetrazole rings is 1. The number of nitrogens with two attached hydrogens (primary N) is 1. The molecular weight excluding hydrogens is 322 g/mol. The summed E-state index contributed by atoms with van der Waals surface area (Å²) in [6.07, 6.45) is 0. The summed E-state index contributed by atoms with van der Waals surface area (Å²) in [5.74, 6) is 0.672. The van der Waals surface area contributed by atoms with Crippen molar-refractivity contribution in [1.82, 2.24) is 20.2 Å². The molecule has 2 rings (SSSR count). The number of aromatic nitrogens is 4. The van der Waals surface area contributed by atoms with E-state index in [9.17, 15) is 0 Å². The summed E-state index contributed by atoms with van der Waals surface area (Å²) in [6, 6.07) is 5.62. The summed E-state index contributed by atoms with van der Waals surface area (Å²) >= 11 is 3.43. The highest BCUT2D eigenvalue weighted by Gasteiger charge is 2.22. The van der Waals surface area contributed by atoms with Gasteiger partial charge in [0, 0.05) is 22.3 Å². The normalized spacial score (nSPS) is 11.8. The molecule has 0 radical (unpaired) electrons. The Kier molecular flexibility index (Phi) is 4.39. The van der Waals surface area contributed by atoms with Gasteiger partial charge in [-0.15, -0.1) is 5.10 Å². The standard InChI is InChI=1S/C13H18BrN5O/c1-4-20-13(2,3)8-19-12(16-17-18-19)9-5-10(14)7-11(15)6-9/h5-7H,4,8,15H2,1-3H3. The van der Waals surface area contributed by atoms with Gasteiger partial charge in [-0.2, -0.15) is 0 Å². The number of halogens is 1. The van der Waals surface area contributed by atoms with Crippen molar-refractivity contribution in [3.63, 3.8) is 0 Å². The Morgan fingerprint density at radius 1 is 1.35 bits per heavy atom. The van der Waals surface area contributed by atoms with Crippen molar-refractivity contribution in [3.8, 4) is 11.4 Å². The zero-order valence-electron chi connectivity index (χ0n) is 11.8. The number of nitrogen functional groups attached to an aromatic ring is 1. The highest BCUT2D eigenvalue weighted by atomic mass is 79.9. The van der Waals surface area contributed by atoms with Crippen molar-refractivity contribution in [2.75, 3.05) is 12.3 Å². The molecule has 0 aliphatic heterocycles. The Balaban J connectivity index is 2.33. The van der Waals surface area contributed by atoms with Gasteiger partial charge in [-0.25, -0.2) is 4.68 Å². The number of nitrogens with zero attached hydrogens (tertiary/aromatic N) is 4. The molecule has 6 nitrogen and oxygen atoms in total. The minimum Gasteiger partial charge on any atom is -0.399 e. The van der Waals surface area contributed by atoms with Crippen LogP contribution in [0.3, 0.4) is 0 Å². The Bertz CT molecular complexity index is 576. The summed E-state index contributed by atoms with van der Waals surface area (Å²) in [5.41, 5.74) is 7.05. The Morgan fingerprint density at radius 2 is 2.10 bits per heavy atom. The van der Waals surface area contributed by atoms with Crippen LogP contribution in [0.2, 0.25) is 0 Å². The molecule has 20 heavy (non-hydrogen) atoms. The van der Waals surface area contributed by atoms with Crippen LogP contribution in [-0.2, 0) is 11.3 Å². The van der Waals surface area contributed by atoms with E-state index in [1.807, 2.05) is 39.0 Å². The molecule has 1 aromatic heterocycles. The summed E-state index contributed by atoms with van der Waals surface area (Å²) in [4.78, 5) is 0. The third kappa shape index (κ3) is 3.55. The number of rotatable bonds is 5. The molecular formula is C13H18BrN5O. The minimum atomic E-state index is -0.337. The quantitative estimate of drug-likeness (QED) is 0.846. The number of benzene rings is 1. The van der Waals surface area contributed by atoms with Crippen molar-refractivity contribution in [1.29, 1.82) is 0 Å². The Hall–Kier alpha value is -1.47. The number of hydrogen-bond acceptors (Lipinski definition) is 5. The predicted molar refractivity (Wildman–Crippen MR) is 81.1 cm³/mol. The fraction of sp³-hybridized carbons (Fsp3) is 0.462. The first kappa shape index (κ1) is 14.9. The van der Waals surface area contributed by atoms with Crippen LogP contribution >= 0.6 is 15.9 Å². The second kappa shape index (κ2) is 5.88.